The fourth-order valence-electron chi connectivity index (χ4n) is 1.52. The number of benzene rings is 1. The molecule has 0 saturated heterocycles. The molecular formula is C13H19ClN2. The quantitative estimate of drug-likeness (QED) is 0.616. The normalized spacial score (nSPS) is 11.3. The van der Waals surface area contributed by atoms with Crippen LogP contribution in [-0.4, -0.2) is 17.8 Å². The molecule has 0 aliphatic rings. The number of nitrogens with one attached hydrogen (secondary N) is 1. The Bertz CT molecular complexity index is 363. The molecule has 0 unspecified atom stereocenters. The molecule has 0 spiro atoms. The van der Waals surface area contributed by atoms with E-state index in [4.69, 9.17) is 17.0 Å². The molecule has 2 nitrogen and oxygen atoms in total. The minimum atomic E-state index is -0.110. The predicted molar refractivity (Wildman–Crippen MR) is 70.1 cm³/mol. The van der Waals surface area contributed by atoms with Gasteiger partial charge in [0.2, 0.25) is 0 Å². The van der Waals surface area contributed by atoms with E-state index in [1.54, 1.807) is 0 Å². The van der Waals surface area contributed by atoms with Gasteiger partial charge in [0.15, 0.2) is 0 Å². The molecule has 16 heavy (non-hydrogen) atoms. The van der Waals surface area contributed by atoms with Crippen molar-refractivity contribution in [2.45, 2.75) is 27.3 Å². The monoisotopic (exact) mass is 238 g/mol. The fourth-order valence-corrected chi connectivity index (χ4v) is 1.64. The van der Waals surface area contributed by atoms with E-state index in [1.807, 2.05) is 57.0 Å². The first-order valence-electron chi connectivity index (χ1n) is 5.35. The lowest BCUT2D eigenvalue weighted by molar-refractivity contribution is 0.417. The Hall–Kier alpha value is -1.02. The maximum atomic E-state index is 8.04. The van der Waals surface area contributed by atoms with Gasteiger partial charge < -0.3 is 4.90 Å². The van der Waals surface area contributed by atoms with Crippen molar-refractivity contribution >= 4 is 17.4 Å². The summed E-state index contributed by atoms with van der Waals surface area (Å²) in [7, 11) is 1.95. The average molecular weight is 239 g/mol. The van der Waals surface area contributed by atoms with Gasteiger partial charge in [-0.15, -0.1) is 0 Å². The highest BCUT2D eigenvalue weighted by molar-refractivity contribution is 6.30. The van der Waals surface area contributed by atoms with Gasteiger partial charge in [0.25, 0.3) is 0 Å². The van der Waals surface area contributed by atoms with Gasteiger partial charge in [-0.25, -0.2) is 0 Å². The van der Waals surface area contributed by atoms with E-state index in [2.05, 4.69) is 0 Å². The van der Waals surface area contributed by atoms with Crippen molar-refractivity contribution in [1.29, 1.82) is 5.41 Å². The van der Waals surface area contributed by atoms with E-state index in [0.717, 1.165) is 11.6 Å². The van der Waals surface area contributed by atoms with Crippen LogP contribution in [0.1, 0.15) is 26.3 Å². The molecule has 0 fully saturated rings. The molecule has 1 aromatic carbocycles. The molecule has 0 saturated carbocycles. The van der Waals surface area contributed by atoms with Crippen molar-refractivity contribution in [2.24, 2.45) is 5.41 Å². The predicted octanol–water partition coefficient (Wildman–Crippen LogP) is 3.80. The van der Waals surface area contributed by atoms with E-state index >= 15 is 0 Å². The van der Waals surface area contributed by atoms with E-state index in [0.29, 0.717) is 5.84 Å². The van der Waals surface area contributed by atoms with Gasteiger partial charge in [-0.05, 0) is 17.7 Å². The maximum absolute atomic E-state index is 8.04. The molecule has 3 heteroatoms. The zero-order valence-electron chi connectivity index (χ0n) is 10.3. The second kappa shape index (κ2) is 4.88. The molecule has 0 aliphatic carbocycles. The largest absolute Gasteiger partial charge is 0.359 e. The summed E-state index contributed by atoms with van der Waals surface area (Å²) < 4.78 is 0. The summed E-state index contributed by atoms with van der Waals surface area (Å²) in [6.45, 7) is 6.89. The second-order valence-electron chi connectivity index (χ2n) is 5.08. The molecule has 0 amide bonds. The molecule has 88 valence electrons. The molecule has 1 rings (SSSR count). The van der Waals surface area contributed by atoms with Gasteiger partial charge in [0.05, 0.1) is 0 Å². The smallest absolute Gasteiger partial charge is 0.101 e. The van der Waals surface area contributed by atoms with Gasteiger partial charge in [0, 0.05) is 24.0 Å². The summed E-state index contributed by atoms with van der Waals surface area (Å²) in [4.78, 5) is 1.96. The van der Waals surface area contributed by atoms with Crippen molar-refractivity contribution in [3.05, 3.63) is 34.9 Å². The number of rotatable bonds is 2. The Balaban J connectivity index is 2.68. The topological polar surface area (TPSA) is 27.1 Å². The van der Waals surface area contributed by atoms with E-state index in [-0.39, 0.29) is 5.41 Å². The number of halogens is 1. The highest BCUT2D eigenvalue weighted by Crippen LogP contribution is 2.18. The van der Waals surface area contributed by atoms with Gasteiger partial charge in [-0.1, -0.05) is 44.5 Å². The zero-order chi connectivity index (χ0) is 12.3. The first-order chi connectivity index (χ1) is 7.30. The molecule has 1 aromatic rings. The van der Waals surface area contributed by atoms with Gasteiger partial charge in [0.1, 0.15) is 5.84 Å². The summed E-state index contributed by atoms with van der Waals surface area (Å²) in [5.74, 6) is 0.641. The Morgan fingerprint density at radius 3 is 2.19 bits per heavy atom. The van der Waals surface area contributed by atoms with Crippen LogP contribution in [0.3, 0.4) is 0 Å². The van der Waals surface area contributed by atoms with Gasteiger partial charge in [-0.3, -0.25) is 5.41 Å². The fraction of sp³-hybridized carbons (Fsp3) is 0.462. The third-order valence-electron chi connectivity index (χ3n) is 2.43. The molecule has 0 aliphatic heterocycles. The Morgan fingerprint density at radius 2 is 1.75 bits per heavy atom. The molecular weight excluding hydrogens is 220 g/mol. The molecule has 0 aromatic heterocycles. The van der Waals surface area contributed by atoms with Crippen LogP contribution in [0.5, 0.6) is 0 Å². The Labute approximate surface area is 103 Å². The zero-order valence-corrected chi connectivity index (χ0v) is 11.1. The van der Waals surface area contributed by atoms with Gasteiger partial charge in [-0.2, -0.15) is 0 Å². The average Bonchev–Trinajstić information content (AvgIpc) is 2.19. The minimum Gasteiger partial charge on any atom is -0.359 e. The van der Waals surface area contributed by atoms with Crippen LogP contribution in [0.25, 0.3) is 0 Å². The number of hydrogen-bond acceptors (Lipinski definition) is 1. The Kier molecular flexibility index (Phi) is 3.98. The lowest BCUT2D eigenvalue weighted by atomic mass is 9.94. The van der Waals surface area contributed by atoms with Crippen LogP contribution in [0.2, 0.25) is 5.02 Å². The van der Waals surface area contributed by atoms with Crippen molar-refractivity contribution < 1.29 is 0 Å². The summed E-state index contributed by atoms with van der Waals surface area (Å²) >= 11 is 5.83. The summed E-state index contributed by atoms with van der Waals surface area (Å²) in [5.41, 5.74) is 1.06. The SMILES string of the molecule is CN(Cc1ccc(Cl)cc1)C(=N)C(C)(C)C. The summed E-state index contributed by atoms with van der Waals surface area (Å²) in [5, 5.41) is 8.79. The molecule has 0 heterocycles. The van der Waals surface area contributed by atoms with Crippen molar-refractivity contribution in [1.82, 2.24) is 4.90 Å². The van der Waals surface area contributed by atoms with Crippen LogP contribution < -0.4 is 0 Å². The third-order valence-corrected chi connectivity index (χ3v) is 2.68. The molecule has 0 bridgehead atoms. The lowest BCUT2D eigenvalue weighted by Crippen LogP contribution is -2.35. The van der Waals surface area contributed by atoms with Crippen molar-refractivity contribution in [2.75, 3.05) is 7.05 Å². The number of hydrogen-bond donors (Lipinski definition) is 1. The van der Waals surface area contributed by atoms with Gasteiger partial charge >= 0.3 is 0 Å². The summed E-state index contributed by atoms with van der Waals surface area (Å²) in [6, 6.07) is 7.75. The standard InChI is InChI=1S/C13H19ClN2/c1-13(2,3)12(15)16(4)9-10-5-7-11(14)8-6-10/h5-8,15H,9H2,1-4H3. The minimum absolute atomic E-state index is 0.110. The van der Waals surface area contributed by atoms with E-state index in [9.17, 15) is 0 Å². The van der Waals surface area contributed by atoms with E-state index < -0.39 is 0 Å². The van der Waals surface area contributed by atoms with Crippen LogP contribution >= 0.6 is 11.6 Å². The van der Waals surface area contributed by atoms with Crippen molar-refractivity contribution in [3.63, 3.8) is 0 Å². The molecule has 0 radical (unpaired) electrons. The number of amidine groups is 1. The molecule has 0 atom stereocenters. The summed E-state index contributed by atoms with van der Waals surface area (Å²) in [6.07, 6.45) is 0. The van der Waals surface area contributed by atoms with Crippen LogP contribution in [0.4, 0.5) is 0 Å². The highest BCUT2D eigenvalue weighted by Gasteiger charge is 2.20. The first-order valence-corrected chi connectivity index (χ1v) is 5.73. The van der Waals surface area contributed by atoms with E-state index in [1.165, 1.54) is 5.56 Å². The molecule has 1 N–H and O–H groups in total. The maximum Gasteiger partial charge on any atom is 0.101 e. The third kappa shape index (κ3) is 3.53. The van der Waals surface area contributed by atoms with Crippen LogP contribution in [0, 0.1) is 10.8 Å². The second-order valence-corrected chi connectivity index (χ2v) is 5.52. The lowest BCUT2D eigenvalue weighted by Gasteiger charge is -2.29. The first kappa shape index (κ1) is 13.0. The highest BCUT2D eigenvalue weighted by atomic mass is 35.5. The number of nitrogens with zero attached hydrogens (tertiary/aromatic N) is 1. The van der Waals surface area contributed by atoms with Crippen molar-refractivity contribution in [3.8, 4) is 0 Å². The van der Waals surface area contributed by atoms with Crippen LogP contribution in [0.15, 0.2) is 24.3 Å². The van der Waals surface area contributed by atoms with Crippen LogP contribution in [-0.2, 0) is 6.54 Å². The Morgan fingerprint density at radius 1 is 1.25 bits per heavy atom.